The van der Waals surface area contributed by atoms with Gasteiger partial charge in [-0.25, -0.2) is 0 Å². The van der Waals surface area contributed by atoms with Crippen molar-refractivity contribution >= 4 is 17.5 Å². The summed E-state index contributed by atoms with van der Waals surface area (Å²) < 4.78 is 0. The van der Waals surface area contributed by atoms with Crippen LogP contribution in [-0.2, 0) is 16.0 Å². The molecule has 1 rings (SSSR count). The molecular formula is C19H30N2O2. The summed E-state index contributed by atoms with van der Waals surface area (Å²) in [5.74, 6) is -0.398. The first-order valence-corrected chi connectivity index (χ1v) is 8.41. The van der Waals surface area contributed by atoms with Gasteiger partial charge in [0, 0.05) is 19.3 Å². The first-order chi connectivity index (χ1) is 10.8. The molecule has 0 saturated carbocycles. The van der Waals surface area contributed by atoms with Gasteiger partial charge in [0.1, 0.15) is 5.41 Å². The Balaban J connectivity index is 2.93. The monoisotopic (exact) mass is 318 g/mol. The van der Waals surface area contributed by atoms with E-state index in [-0.39, 0.29) is 11.8 Å². The zero-order chi connectivity index (χ0) is 17.6. The summed E-state index contributed by atoms with van der Waals surface area (Å²) in [7, 11) is 1.76. The maximum atomic E-state index is 12.7. The second-order valence-corrected chi connectivity index (χ2v) is 6.62. The zero-order valence-corrected chi connectivity index (χ0v) is 15.3. The molecule has 0 spiro atoms. The first kappa shape index (κ1) is 19.2. The van der Waals surface area contributed by atoms with Crippen molar-refractivity contribution in [3.63, 3.8) is 0 Å². The molecule has 0 saturated heterocycles. The summed E-state index contributed by atoms with van der Waals surface area (Å²) in [4.78, 5) is 27.0. The van der Waals surface area contributed by atoms with E-state index in [0.717, 1.165) is 36.1 Å². The number of hydrogen-bond acceptors (Lipinski definition) is 2. The van der Waals surface area contributed by atoms with Gasteiger partial charge in [0.15, 0.2) is 0 Å². The molecule has 1 N–H and O–H groups in total. The van der Waals surface area contributed by atoms with Gasteiger partial charge in [0.05, 0.1) is 0 Å². The topological polar surface area (TPSA) is 49.4 Å². The van der Waals surface area contributed by atoms with Gasteiger partial charge in [0.25, 0.3) is 0 Å². The van der Waals surface area contributed by atoms with E-state index in [2.05, 4.69) is 19.2 Å². The van der Waals surface area contributed by atoms with Crippen LogP contribution in [-0.4, -0.2) is 30.3 Å². The van der Waals surface area contributed by atoms with Crippen LogP contribution in [0.1, 0.15) is 51.7 Å². The quantitative estimate of drug-likeness (QED) is 0.778. The number of para-hydroxylation sites is 1. The molecule has 0 unspecified atom stereocenters. The number of carbonyl (C=O) groups is 2. The van der Waals surface area contributed by atoms with Crippen LogP contribution in [0.4, 0.5) is 5.69 Å². The van der Waals surface area contributed by atoms with E-state index in [1.165, 1.54) is 0 Å². The fourth-order valence-electron chi connectivity index (χ4n) is 2.54. The van der Waals surface area contributed by atoms with Gasteiger partial charge >= 0.3 is 0 Å². The predicted octanol–water partition coefficient (Wildman–Crippen LogP) is 3.78. The smallest absolute Gasteiger partial charge is 0.239 e. The molecule has 0 aromatic heterocycles. The molecule has 0 radical (unpaired) electrons. The first-order valence-electron chi connectivity index (χ1n) is 8.41. The highest BCUT2D eigenvalue weighted by Gasteiger charge is 2.38. The molecule has 128 valence electrons. The standard InChI is InChI=1S/C19H30N2O2/c1-7-9-13-21(6)18(23)19(4,5)17(22)20-16-14(3)11-10-12-15(16)8-2/h10-12H,7-9,13H2,1-6H3,(H,20,22). The summed E-state index contributed by atoms with van der Waals surface area (Å²) in [6.07, 6.45) is 2.80. The van der Waals surface area contributed by atoms with Crippen molar-refractivity contribution in [1.29, 1.82) is 0 Å². The molecule has 4 nitrogen and oxygen atoms in total. The third-order valence-electron chi connectivity index (χ3n) is 4.27. The number of amides is 2. The van der Waals surface area contributed by atoms with Crippen molar-refractivity contribution in [2.24, 2.45) is 5.41 Å². The minimum Gasteiger partial charge on any atom is -0.345 e. The van der Waals surface area contributed by atoms with Crippen LogP contribution in [0.15, 0.2) is 18.2 Å². The molecule has 0 atom stereocenters. The van der Waals surface area contributed by atoms with Crippen molar-refractivity contribution in [3.05, 3.63) is 29.3 Å². The highest BCUT2D eigenvalue weighted by Crippen LogP contribution is 2.26. The number of nitrogens with one attached hydrogen (secondary N) is 1. The van der Waals surface area contributed by atoms with E-state index < -0.39 is 5.41 Å². The lowest BCUT2D eigenvalue weighted by Crippen LogP contribution is -2.46. The van der Waals surface area contributed by atoms with Gasteiger partial charge in [-0.2, -0.15) is 0 Å². The lowest BCUT2D eigenvalue weighted by Gasteiger charge is -2.29. The van der Waals surface area contributed by atoms with Crippen LogP contribution in [0.5, 0.6) is 0 Å². The molecule has 0 bridgehead atoms. The molecule has 0 aliphatic rings. The molecule has 0 aliphatic heterocycles. The van der Waals surface area contributed by atoms with E-state index in [9.17, 15) is 9.59 Å². The Hall–Kier alpha value is -1.84. The van der Waals surface area contributed by atoms with E-state index in [1.807, 2.05) is 25.1 Å². The summed E-state index contributed by atoms with van der Waals surface area (Å²) in [6.45, 7) is 10.2. The molecule has 2 amide bonds. The lowest BCUT2D eigenvalue weighted by molar-refractivity contribution is -0.145. The van der Waals surface area contributed by atoms with Gasteiger partial charge in [0.2, 0.25) is 11.8 Å². The van der Waals surface area contributed by atoms with E-state index in [0.29, 0.717) is 6.54 Å². The number of anilines is 1. The van der Waals surface area contributed by atoms with Gasteiger partial charge in [-0.15, -0.1) is 0 Å². The van der Waals surface area contributed by atoms with Crippen LogP contribution < -0.4 is 5.32 Å². The van der Waals surface area contributed by atoms with Gasteiger partial charge in [-0.05, 0) is 44.7 Å². The zero-order valence-electron chi connectivity index (χ0n) is 15.3. The maximum absolute atomic E-state index is 12.7. The molecule has 0 fully saturated rings. The molecule has 4 heteroatoms. The Morgan fingerprint density at radius 1 is 1.22 bits per heavy atom. The maximum Gasteiger partial charge on any atom is 0.239 e. The minimum absolute atomic E-state index is 0.143. The minimum atomic E-state index is -1.09. The Morgan fingerprint density at radius 3 is 2.43 bits per heavy atom. The van der Waals surface area contributed by atoms with Gasteiger partial charge in [-0.3, -0.25) is 9.59 Å². The van der Waals surface area contributed by atoms with Crippen LogP contribution in [0.2, 0.25) is 0 Å². The number of rotatable bonds is 7. The molecule has 0 aliphatic carbocycles. The van der Waals surface area contributed by atoms with E-state index in [4.69, 9.17) is 0 Å². The number of carbonyl (C=O) groups excluding carboxylic acids is 2. The summed E-state index contributed by atoms with van der Waals surface area (Å²) in [5.41, 5.74) is 1.84. The Bertz CT molecular complexity index is 564. The fourth-order valence-corrected chi connectivity index (χ4v) is 2.54. The number of unbranched alkanes of at least 4 members (excludes halogenated alkanes) is 1. The van der Waals surface area contributed by atoms with Gasteiger partial charge < -0.3 is 10.2 Å². The summed E-state index contributed by atoms with van der Waals surface area (Å²) in [6, 6.07) is 5.96. The van der Waals surface area contributed by atoms with Crippen LogP contribution in [0.3, 0.4) is 0 Å². The number of aryl methyl sites for hydroxylation is 2. The van der Waals surface area contributed by atoms with Crippen LogP contribution in [0, 0.1) is 12.3 Å². The van der Waals surface area contributed by atoms with Crippen molar-refractivity contribution in [3.8, 4) is 0 Å². The van der Waals surface area contributed by atoms with E-state index >= 15 is 0 Å². The Labute approximate surface area is 140 Å². The van der Waals surface area contributed by atoms with Crippen molar-refractivity contribution in [2.45, 2.75) is 53.9 Å². The fraction of sp³-hybridized carbons (Fsp3) is 0.579. The normalized spacial score (nSPS) is 11.2. The molecule has 0 heterocycles. The highest BCUT2D eigenvalue weighted by molar-refractivity contribution is 6.10. The van der Waals surface area contributed by atoms with E-state index in [1.54, 1.807) is 25.8 Å². The number of benzene rings is 1. The largest absolute Gasteiger partial charge is 0.345 e. The summed E-state index contributed by atoms with van der Waals surface area (Å²) in [5, 5.41) is 2.98. The second kappa shape index (κ2) is 8.14. The third-order valence-corrected chi connectivity index (χ3v) is 4.27. The average Bonchev–Trinajstić information content (AvgIpc) is 2.53. The summed E-state index contributed by atoms with van der Waals surface area (Å²) >= 11 is 0. The van der Waals surface area contributed by atoms with Crippen molar-refractivity contribution < 1.29 is 9.59 Å². The number of nitrogens with zero attached hydrogens (tertiary/aromatic N) is 1. The molecule has 23 heavy (non-hydrogen) atoms. The average molecular weight is 318 g/mol. The molecule has 1 aromatic rings. The van der Waals surface area contributed by atoms with Gasteiger partial charge in [-0.1, -0.05) is 38.5 Å². The van der Waals surface area contributed by atoms with Crippen molar-refractivity contribution in [1.82, 2.24) is 4.90 Å². The second-order valence-electron chi connectivity index (χ2n) is 6.62. The molecule has 1 aromatic carbocycles. The van der Waals surface area contributed by atoms with Crippen molar-refractivity contribution in [2.75, 3.05) is 18.9 Å². The number of hydrogen-bond donors (Lipinski definition) is 1. The highest BCUT2D eigenvalue weighted by atomic mass is 16.2. The Kier molecular flexibility index (Phi) is 6.79. The third kappa shape index (κ3) is 4.57. The Morgan fingerprint density at radius 2 is 1.87 bits per heavy atom. The predicted molar refractivity (Wildman–Crippen MR) is 95.5 cm³/mol. The molecular weight excluding hydrogens is 288 g/mol. The van der Waals surface area contributed by atoms with Crippen LogP contribution >= 0.6 is 0 Å². The SMILES string of the molecule is CCCCN(C)C(=O)C(C)(C)C(=O)Nc1c(C)cccc1CC. The lowest BCUT2D eigenvalue weighted by atomic mass is 9.89. The van der Waals surface area contributed by atoms with Crippen LogP contribution in [0.25, 0.3) is 0 Å².